The minimum atomic E-state index is -0.770. The molecule has 0 amide bonds. The van der Waals surface area contributed by atoms with Gasteiger partial charge >= 0.3 is 0 Å². The molecule has 0 atom stereocenters. The topological polar surface area (TPSA) is 23.5 Å². The fourth-order valence-corrected chi connectivity index (χ4v) is 3.26. The molecule has 1 aromatic rings. The van der Waals surface area contributed by atoms with E-state index in [0.717, 1.165) is 10.0 Å². The molecule has 0 radical (unpaired) electrons. The molecule has 1 N–H and O–H groups in total. The van der Waals surface area contributed by atoms with Crippen LogP contribution in [0.25, 0.3) is 0 Å². The van der Waals surface area contributed by atoms with Gasteiger partial charge in [-0.15, -0.1) is 0 Å². The molecule has 0 saturated carbocycles. The fourth-order valence-electron chi connectivity index (χ4n) is 2.56. The molecule has 0 aromatic heterocycles. The highest BCUT2D eigenvalue weighted by Crippen LogP contribution is 2.34. The van der Waals surface area contributed by atoms with Crippen LogP contribution in [0.1, 0.15) is 43.7 Å². The molecule has 1 saturated heterocycles. The summed E-state index contributed by atoms with van der Waals surface area (Å²) in [6.45, 7) is 5.99. The van der Waals surface area contributed by atoms with E-state index >= 15 is 0 Å². The molecule has 1 aromatic carbocycles. The lowest BCUT2D eigenvalue weighted by molar-refractivity contribution is 0.0785. The van der Waals surface area contributed by atoms with Gasteiger partial charge in [0.25, 0.3) is 0 Å². The lowest BCUT2D eigenvalue weighted by atomic mass is 9.87. The Labute approximate surface area is 118 Å². The first-order chi connectivity index (χ1) is 8.38. The summed E-state index contributed by atoms with van der Waals surface area (Å²) in [6, 6.07) is 6.29. The number of halogens is 1. The van der Waals surface area contributed by atoms with Crippen molar-refractivity contribution in [2.75, 3.05) is 20.1 Å². The van der Waals surface area contributed by atoms with Crippen molar-refractivity contribution in [3.63, 3.8) is 0 Å². The van der Waals surface area contributed by atoms with Gasteiger partial charge < -0.3 is 10.0 Å². The summed E-state index contributed by atoms with van der Waals surface area (Å²) < 4.78 is 1.14. The van der Waals surface area contributed by atoms with Gasteiger partial charge in [0.05, 0.1) is 5.60 Å². The number of aliphatic hydroxyl groups is 1. The van der Waals surface area contributed by atoms with Crippen molar-refractivity contribution in [3.05, 3.63) is 33.8 Å². The van der Waals surface area contributed by atoms with Crippen LogP contribution in [0, 0.1) is 0 Å². The van der Waals surface area contributed by atoms with Gasteiger partial charge in [0.2, 0.25) is 0 Å². The van der Waals surface area contributed by atoms with Crippen LogP contribution in [0.2, 0.25) is 0 Å². The molecule has 1 aliphatic heterocycles. The average Bonchev–Trinajstić information content (AvgIpc) is 2.29. The third-order valence-corrected chi connectivity index (χ3v) is 4.55. The maximum Gasteiger partial charge on any atom is 0.0840 e. The number of rotatable bonds is 2. The maximum atomic E-state index is 10.0. The van der Waals surface area contributed by atoms with Crippen LogP contribution in [-0.4, -0.2) is 30.1 Å². The number of benzene rings is 1. The standard InChI is InChI=1S/C15H22BrNO/c1-15(2,18)12-4-5-13(14(16)10-12)11-6-8-17(3)9-7-11/h4-5,10-11,18H,6-9H2,1-3H3. The number of hydrogen-bond donors (Lipinski definition) is 1. The Hall–Kier alpha value is -0.380. The molecule has 0 aliphatic carbocycles. The van der Waals surface area contributed by atoms with Gasteiger partial charge in [-0.1, -0.05) is 28.1 Å². The van der Waals surface area contributed by atoms with Gasteiger partial charge in [-0.3, -0.25) is 0 Å². The molecule has 0 bridgehead atoms. The monoisotopic (exact) mass is 311 g/mol. The van der Waals surface area contributed by atoms with Gasteiger partial charge in [0.1, 0.15) is 0 Å². The van der Waals surface area contributed by atoms with Gasteiger partial charge in [0, 0.05) is 4.47 Å². The zero-order chi connectivity index (χ0) is 13.3. The maximum absolute atomic E-state index is 10.0. The second-order valence-electron chi connectivity index (χ2n) is 5.87. The molecular weight excluding hydrogens is 290 g/mol. The highest BCUT2D eigenvalue weighted by molar-refractivity contribution is 9.10. The second kappa shape index (κ2) is 5.32. The van der Waals surface area contributed by atoms with E-state index in [-0.39, 0.29) is 0 Å². The predicted octanol–water partition coefficient (Wildman–Crippen LogP) is 3.49. The highest BCUT2D eigenvalue weighted by Gasteiger charge is 2.22. The first-order valence-electron chi connectivity index (χ1n) is 6.59. The Morgan fingerprint density at radius 1 is 1.28 bits per heavy atom. The smallest absolute Gasteiger partial charge is 0.0840 e. The molecule has 0 unspecified atom stereocenters. The number of hydrogen-bond acceptors (Lipinski definition) is 2. The van der Waals surface area contributed by atoms with Gasteiger partial charge in [0.15, 0.2) is 0 Å². The summed E-state index contributed by atoms with van der Waals surface area (Å²) in [7, 11) is 2.18. The Morgan fingerprint density at radius 3 is 2.39 bits per heavy atom. The zero-order valence-corrected chi connectivity index (χ0v) is 13.0. The largest absolute Gasteiger partial charge is 0.386 e. The van der Waals surface area contributed by atoms with Crippen molar-refractivity contribution in [1.29, 1.82) is 0 Å². The van der Waals surface area contributed by atoms with Crippen LogP contribution in [0.3, 0.4) is 0 Å². The third-order valence-electron chi connectivity index (χ3n) is 3.87. The Balaban J connectivity index is 2.20. The Bertz CT molecular complexity index is 417. The molecule has 2 nitrogen and oxygen atoms in total. The fraction of sp³-hybridized carbons (Fsp3) is 0.600. The van der Waals surface area contributed by atoms with Crippen molar-refractivity contribution < 1.29 is 5.11 Å². The van der Waals surface area contributed by atoms with Crippen LogP contribution in [0.15, 0.2) is 22.7 Å². The van der Waals surface area contributed by atoms with Crippen molar-refractivity contribution in [2.24, 2.45) is 0 Å². The number of piperidine rings is 1. The van der Waals surface area contributed by atoms with Gasteiger partial charge in [-0.2, -0.15) is 0 Å². The van der Waals surface area contributed by atoms with E-state index in [1.54, 1.807) is 0 Å². The summed E-state index contributed by atoms with van der Waals surface area (Å²) in [5.41, 5.74) is 1.58. The molecule has 2 rings (SSSR count). The zero-order valence-electron chi connectivity index (χ0n) is 11.4. The second-order valence-corrected chi connectivity index (χ2v) is 6.73. The molecule has 100 valence electrons. The first-order valence-corrected chi connectivity index (χ1v) is 7.38. The highest BCUT2D eigenvalue weighted by atomic mass is 79.9. The molecule has 18 heavy (non-hydrogen) atoms. The van der Waals surface area contributed by atoms with Crippen LogP contribution >= 0.6 is 15.9 Å². The van der Waals surface area contributed by atoms with E-state index in [1.807, 2.05) is 13.8 Å². The molecule has 1 aliphatic rings. The predicted molar refractivity (Wildman–Crippen MR) is 78.9 cm³/mol. The van der Waals surface area contributed by atoms with Crippen molar-refractivity contribution in [1.82, 2.24) is 4.90 Å². The molecule has 0 spiro atoms. The van der Waals surface area contributed by atoms with E-state index in [1.165, 1.54) is 31.5 Å². The van der Waals surface area contributed by atoms with E-state index in [9.17, 15) is 5.11 Å². The molecular formula is C15H22BrNO. The lowest BCUT2D eigenvalue weighted by Gasteiger charge is -2.30. The Kier molecular flexibility index (Phi) is 4.15. The minimum absolute atomic E-state index is 0.645. The lowest BCUT2D eigenvalue weighted by Crippen LogP contribution is -2.29. The van der Waals surface area contributed by atoms with E-state index in [2.05, 4.69) is 46.1 Å². The van der Waals surface area contributed by atoms with Crippen LogP contribution in [-0.2, 0) is 5.60 Å². The average molecular weight is 312 g/mol. The van der Waals surface area contributed by atoms with Crippen LogP contribution in [0.5, 0.6) is 0 Å². The van der Waals surface area contributed by atoms with Gasteiger partial charge in [-0.25, -0.2) is 0 Å². The van der Waals surface area contributed by atoms with Crippen molar-refractivity contribution >= 4 is 15.9 Å². The molecule has 3 heteroatoms. The SMILES string of the molecule is CN1CCC(c2ccc(C(C)(C)O)cc2Br)CC1. The van der Waals surface area contributed by atoms with Gasteiger partial charge in [-0.05, 0) is 69.9 Å². The Morgan fingerprint density at radius 2 is 1.89 bits per heavy atom. The quantitative estimate of drug-likeness (QED) is 0.904. The third kappa shape index (κ3) is 3.14. The molecule has 1 heterocycles. The van der Waals surface area contributed by atoms with E-state index < -0.39 is 5.60 Å². The van der Waals surface area contributed by atoms with Crippen molar-refractivity contribution in [2.45, 2.75) is 38.2 Å². The summed E-state index contributed by atoms with van der Waals surface area (Å²) in [5.74, 6) is 0.645. The van der Waals surface area contributed by atoms with E-state index in [4.69, 9.17) is 0 Å². The molecule has 1 fully saturated rings. The van der Waals surface area contributed by atoms with Crippen LogP contribution < -0.4 is 0 Å². The summed E-state index contributed by atoms with van der Waals surface area (Å²) in [4.78, 5) is 2.38. The summed E-state index contributed by atoms with van der Waals surface area (Å²) in [6.07, 6.45) is 2.44. The normalized spacial score (nSPS) is 19.2. The minimum Gasteiger partial charge on any atom is -0.386 e. The summed E-state index contributed by atoms with van der Waals surface area (Å²) in [5, 5.41) is 10.0. The van der Waals surface area contributed by atoms with Crippen molar-refractivity contribution in [3.8, 4) is 0 Å². The van der Waals surface area contributed by atoms with Crippen LogP contribution in [0.4, 0.5) is 0 Å². The summed E-state index contributed by atoms with van der Waals surface area (Å²) >= 11 is 3.67. The first kappa shape index (κ1) is 14.0. The number of likely N-dealkylation sites (tertiary alicyclic amines) is 1. The number of nitrogens with zero attached hydrogens (tertiary/aromatic N) is 1. The van der Waals surface area contributed by atoms with E-state index in [0.29, 0.717) is 5.92 Å².